The van der Waals surface area contributed by atoms with Crippen LogP contribution in [0.5, 0.6) is 0 Å². The Bertz CT molecular complexity index is 980. The quantitative estimate of drug-likeness (QED) is 0.645. The highest BCUT2D eigenvalue weighted by molar-refractivity contribution is 6.32. The Hall–Kier alpha value is -3.26. The third kappa shape index (κ3) is 3.80. The maximum atomic E-state index is 12.3. The minimum Gasteiger partial charge on any atom is -0.308 e. The minimum absolute atomic E-state index is 0.0820. The largest absolute Gasteiger partial charge is 0.308 e. The van der Waals surface area contributed by atoms with E-state index in [2.05, 4.69) is 10.4 Å². The number of carbonyl (C=O) groups is 2. The fourth-order valence-electron chi connectivity index (χ4n) is 2.71. The molecule has 1 N–H and O–H groups in total. The van der Waals surface area contributed by atoms with Gasteiger partial charge in [0.25, 0.3) is 17.5 Å². The number of non-ortho nitro benzene ring substituents is 1. The molecule has 0 atom stereocenters. The van der Waals surface area contributed by atoms with Crippen LogP contribution in [-0.2, 0) is 4.79 Å². The van der Waals surface area contributed by atoms with Crippen molar-refractivity contribution >= 4 is 40.6 Å². The number of rotatable bonds is 3. The molecule has 2 amide bonds. The third-order valence-corrected chi connectivity index (χ3v) is 4.61. The summed E-state index contributed by atoms with van der Waals surface area (Å²) in [5.41, 5.74) is 2.09. The number of hydrogen-bond acceptors (Lipinski definition) is 5. The van der Waals surface area contributed by atoms with Crippen molar-refractivity contribution in [1.29, 1.82) is 0 Å². The molecule has 0 saturated heterocycles. The van der Waals surface area contributed by atoms with Crippen LogP contribution in [0.3, 0.4) is 0 Å². The van der Waals surface area contributed by atoms with E-state index in [1.54, 1.807) is 12.1 Å². The van der Waals surface area contributed by atoms with Crippen LogP contribution in [0.1, 0.15) is 27.9 Å². The standard InChI is InChI=1S/C18H15ClN4O4/c1-10-6-14(7-11(2)17(10)19)22-16(24)9-15(21-22)20-18(25)12-4-3-5-13(8-12)23(26)27/h3-8H,9H2,1-2H3,(H,20,21,25). The van der Waals surface area contributed by atoms with Crippen LogP contribution >= 0.6 is 11.6 Å². The number of nitrogens with zero attached hydrogens (tertiary/aromatic N) is 3. The van der Waals surface area contributed by atoms with Gasteiger partial charge in [0.15, 0.2) is 0 Å². The van der Waals surface area contributed by atoms with Crippen LogP contribution in [0.2, 0.25) is 5.02 Å². The van der Waals surface area contributed by atoms with Gasteiger partial charge in [-0.2, -0.15) is 10.1 Å². The molecule has 3 rings (SSSR count). The van der Waals surface area contributed by atoms with E-state index in [-0.39, 0.29) is 29.4 Å². The minimum atomic E-state index is -0.583. The molecule has 1 heterocycles. The van der Waals surface area contributed by atoms with E-state index in [9.17, 15) is 19.7 Å². The first-order valence-corrected chi connectivity index (χ1v) is 8.37. The summed E-state index contributed by atoms with van der Waals surface area (Å²) in [7, 11) is 0. The van der Waals surface area contributed by atoms with E-state index >= 15 is 0 Å². The molecule has 1 aliphatic heterocycles. The Morgan fingerprint density at radius 1 is 1.26 bits per heavy atom. The average Bonchev–Trinajstić information content (AvgIpc) is 2.99. The Morgan fingerprint density at radius 3 is 2.56 bits per heavy atom. The highest BCUT2D eigenvalue weighted by Crippen LogP contribution is 2.28. The molecule has 138 valence electrons. The van der Waals surface area contributed by atoms with Crippen molar-refractivity contribution < 1.29 is 14.5 Å². The Labute approximate surface area is 159 Å². The van der Waals surface area contributed by atoms with Gasteiger partial charge in [-0.3, -0.25) is 19.7 Å². The summed E-state index contributed by atoms with van der Waals surface area (Å²) in [5.74, 6) is -0.706. The molecule has 0 aliphatic carbocycles. The lowest BCUT2D eigenvalue weighted by molar-refractivity contribution is -0.384. The number of nitro groups is 1. The second-order valence-corrected chi connectivity index (χ2v) is 6.46. The van der Waals surface area contributed by atoms with Crippen LogP contribution in [0.4, 0.5) is 11.4 Å². The predicted molar refractivity (Wildman–Crippen MR) is 101 cm³/mol. The summed E-state index contributed by atoms with van der Waals surface area (Å²) in [6, 6.07) is 8.80. The second-order valence-electron chi connectivity index (χ2n) is 6.08. The zero-order chi connectivity index (χ0) is 19.7. The molecule has 9 heteroatoms. The van der Waals surface area contributed by atoms with E-state index in [0.717, 1.165) is 17.2 Å². The van der Waals surface area contributed by atoms with Crippen molar-refractivity contribution in [3.05, 3.63) is 68.2 Å². The van der Waals surface area contributed by atoms with Crippen molar-refractivity contribution in [2.75, 3.05) is 5.01 Å². The number of anilines is 1. The van der Waals surface area contributed by atoms with Gasteiger partial charge < -0.3 is 5.32 Å². The monoisotopic (exact) mass is 386 g/mol. The molecule has 0 fully saturated rings. The smallest absolute Gasteiger partial charge is 0.270 e. The number of nitrogens with one attached hydrogen (secondary N) is 1. The summed E-state index contributed by atoms with van der Waals surface area (Å²) < 4.78 is 0. The van der Waals surface area contributed by atoms with Crippen LogP contribution in [0, 0.1) is 24.0 Å². The topological polar surface area (TPSA) is 105 Å². The fourth-order valence-corrected chi connectivity index (χ4v) is 2.82. The average molecular weight is 387 g/mol. The Balaban J connectivity index is 1.81. The van der Waals surface area contributed by atoms with Gasteiger partial charge in [0, 0.05) is 22.7 Å². The van der Waals surface area contributed by atoms with Crippen molar-refractivity contribution in [2.45, 2.75) is 20.3 Å². The van der Waals surface area contributed by atoms with Gasteiger partial charge in [0.05, 0.1) is 17.0 Å². The van der Waals surface area contributed by atoms with E-state index < -0.39 is 10.8 Å². The maximum Gasteiger partial charge on any atom is 0.270 e. The van der Waals surface area contributed by atoms with E-state index in [1.165, 1.54) is 23.2 Å². The molecular formula is C18H15ClN4O4. The van der Waals surface area contributed by atoms with Gasteiger partial charge in [-0.25, -0.2) is 0 Å². The first-order valence-electron chi connectivity index (χ1n) is 7.99. The van der Waals surface area contributed by atoms with Gasteiger partial charge in [0.2, 0.25) is 0 Å². The zero-order valence-electron chi connectivity index (χ0n) is 14.5. The van der Waals surface area contributed by atoms with Crippen molar-refractivity contribution in [1.82, 2.24) is 5.32 Å². The maximum absolute atomic E-state index is 12.3. The summed E-state index contributed by atoms with van der Waals surface area (Å²) in [6.45, 7) is 3.65. The van der Waals surface area contributed by atoms with E-state index in [1.807, 2.05) is 13.8 Å². The summed E-state index contributed by atoms with van der Waals surface area (Å²) in [6.07, 6.45) is -0.0820. The molecule has 0 spiro atoms. The molecule has 0 unspecified atom stereocenters. The molecule has 27 heavy (non-hydrogen) atoms. The van der Waals surface area contributed by atoms with Crippen molar-refractivity contribution in [3.63, 3.8) is 0 Å². The van der Waals surface area contributed by atoms with Crippen LogP contribution in [0.15, 0.2) is 41.5 Å². The van der Waals surface area contributed by atoms with Gasteiger partial charge in [0.1, 0.15) is 5.84 Å². The molecule has 8 nitrogen and oxygen atoms in total. The van der Waals surface area contributed by atoms with Crippen molar-refractivity contribution in [2.24, 2.45) is 5.10 Å². The van der Waals surface area contributed by atoms with Gasteiger partial charge in [-0.1, -0.05) is 17.7 Å². The summed E-state index contributed by atoms with van der Waals surface area (Å²) in [4.78, 5) is 34.9. The first-order chi connectivity index (χ1) is 12.8. The highest BCUT2D eigenvalue weighted by atomic mass is 35.5. The number of halogens is 1. The van der Waals surface area contributed by atoms with E-state index in [4.69, 9.17) is 11.6 Å². The number of carbonyl (C=O) groups excluding carboxylic acids is 2. The number of hydrogen-bond donors (Lipinski definition) is 1. The SMILES string of the molecule is Cc1cc(N2N=C(NC(=O)c3cccc([N+](=O)[O-])c3)CC2=O)cc(C)c1Cl. The normalized spacial score (nSPS) is 13.5. The van der Waals surface area contributed by atoms with Crippen LogP contribution in [0.25, 0.3) is 0 Å². The molecular weight excluding hydrogens is 372 g/mol. The van der Waals surface area contributed by atoms with Crippen molar-refractivity contribution in [3.8, 4) is 0 Å². The summed E-state index contributed by atoms with van der Waals surface area (Å²) in [5, 5.41) is 19.4. The predicted octanol–water partition coefficient (Wildman–Crippen LogP) is 3.35. The second kappa shape index (κ2) is 7.16. The van der Waals surface area contributed by atoms with Gasteiger partial charge in [-0.15, -0.1) is 0 Å². The lowest BCUT2D eigenvalue weighted by Gasteiger charge is -2.14. The number of nitro benzene ring substituents is 1. The molecule has 1 aliphatic rings. The van der Waals surface area contributed by atoms with Crippen LogP contribution < -0.4 is 10.3 Å². The molecule has 0 radical (unpaired) electrons. The number of hydrazone groups is 1. The highest BCUT2D eigenvalue weighted by Gasteiger charge is 2.27. The number of amidine groups is 1. The fraction of sp³-hybridized carbons (Fsp3) is 0.167. The number of aryl methyl sites for hydroxylation is 2. The number of amides is 2. The summed E-state index contributed by atoms with van der Waals surface area (Å²) >= 11 is 6.15. The number of benzene rings is 2. The zero-order valence-corrected chi connectivity index (χ0v) is 15.3. The lowest BCUT2D eigenvalue weighted by atomic mass is 10.1. The first kappa shape index (κ1) is 18.5. The molecule has 0 bridgehead atoms. The Morgan fingerprint density at radius 2 is 1.93 bits per heavy atom. The molecule has 2 aromatic carbocycles. The van der Waals surface area contributed by atoms with E-state index in [0.29, 0.717) is 10.7 Å². The molecule has 2 aromatic rings. The lowest BCUT2D eigenvalue weighted by Crippen LogP contribution is -2.29. The van der Waals surface area contributed by atoms with Crippen LogP contribution in [-0.4, -0.2) is 22.6 Å². The van der Waals surface area contributed by atoms with Gasteiger partial charge in [-0.05, 0) is 43.2 Å². The van der Waals surface area contributed by atoms with Gasteiger partial charge >= 0.3 is 0 Å². The Kier molecular flexibility index (Phi) is 4.91. The molecule has 0 saturated carbocycles. The third-order valence-electron chi connectivity index (χ3n) is 4.02. The molecule has 0 aromatic heterocycles.